The van der Waals surface area contributed by atoms with Crippen molar-refractivity contribution in [3.63, 3.8) is 0 Å². The lowest BCUT2D eigenvalue weighted by molar-refractivity contribution is -0.139. The highest BCUT2D eigenvalue weighted by Gasteiger charge is 2.52. The predicted molar refractivity (Wildman–Crippen MR) is 311 cm³/mol. The Labute approximate surface area is 489 Å². The van der Waals surface area contributed by atoms with E-state index in [2.05, 4.69) is 47.5 Å². The van der Waals surface area contributed by atoms with Crippen molar-refractivity contribution < 1.29 is 67.4 Å². The number of carbonyl (C=O) groups is 10. The van der Waals surface area contributed by atoms with Crippen LogP contribution in [0.4, 0.5) is 0 Å². The molecule has 450 valence electrons. The van der Waals surface area contributed by atoms with Crippen LogP contribution in [0.25, 0.3) is 10.9 Å². The van der Waals surface area contributed by atoms with Gasteiger partial charge in [0, 0.05) is 54.7 Å². The number of carbonyl (C=O) groups excluding carboxylic acids is 9. The average molecular weight is 1210 g/mol. The van der Waals surface area contributed by atoms with Crippen molar-refractivity contribution in [3.05, 3.63) is 106 Å². The molecule has 1 aliphatic rings. The second-order valence-electron chi connectivity index (χ2n) is 21.7. The Hall–Kier alpha value is -7.31. The van der Waals surface area contributed by atoms with Gasteiger partial charge < -0.3 is 68.1 Å². The number of halogens is 1. The van der Waals surface area contributed by atoms with Gasteiger partial charge in [-0.1, -0.05) is 86.1 Å². The maximum absolute atomic E-state index is 14.9. The summed E-state index contributed by atoms with van der Waals surface area (Å²) in [5.41, 5.74) is 4.62. The summed E-state index contributed by atoms with van der Waals surface area (Å²) >= 11 is 7.67. The summed E-state index contributed by atoms with van der Waals surface area (Å²) in [6.45, 7) is 7.61. The van der Waals surface area contributed by atoms with E-state index < -0.39 is 133 Å². The molecule has 0 bridgehead atoms. The van der Waals surface area contributed by atoms with E-state index >= 15 is 0 Å². The summed E-state index contributed by atoms with van der Waals surface area (Å²) in [6.07, 6.45) is 1.80. The Bertz CT molecular complexity index is 3060. The predicted octanol–water partition coefficient (Wildman–Crippen LogP) is 2.15. The molecular formula is C56H74ClN10O14PS. The van der Waals surface area contributed by atoms with Gasteiger partial charge in [0.2, 0.25) is 53.2 Å². The third-order valence-corrected chi connectivity index (χ3v) is 15.3. The van der Waals surface area contributed by atoms with Crippen molar-refractivity contribution in [2.45, 2.75) is 146 Å². The first-order valence-corrected chi connectivity index (χ1v) is 30.4. The molecule has 27 heteroatoms. The molecule has 24 nitrogen and oxygen atoms in total. The number of amides is 9. The normalized spacial score (nSPS) is 15.0. The van der Waals surface area contributed by atoms with E-state index in [-0.39, 0.29) is 56.4 Å². The van der Waals surface area contributed by atoms with Crippen LogP contribution in [0.3, 0.4) is 0 Å². The largest absolute Gasteiger partial charge is 0.481 e. The van der Waals surface area contributed by atoms with E-state index in [0.29, 0.717) is 32.8 Å². The summed E-state index contributed by atoms with van der Waals surface area (Å²) in [4.78, 5) is 159. The number of aromatic nitrogens is 1. The topological polar surface area (TPSA) is 387 Å². The van der Waals surface area contributed by atoms with Crippen LogP contribution in [-0.2, 0) is 77.9 Å². The molecular weight excluding hydrogens is 1140 g/mol. The number of thioether (sulfide) groups is 1. The average Bonchev–Trinajstić information content (AvgIpc) is 2.77. The van der Waals surface area contributed by atoms with E-state index in [9.17, 15) is 67.4 Å². The quantitative estimate of drug-likeness (QED) is 0.0312. The third-order valence-electron chi connectivity index (χ3n) is 13.7. The molecule has 14 N–H and O–H groups in total. The molecule has 1 fully saturated rings. The Morgan fingerprint density at radius 1 is 0.711 bits per heavy atom. The molecule has 6 atom stereocenters. The number of hydrogen-bond acceptors (Lipinski definition) is 12. The fourth-order valence-corrected chi connectivity index (χ4v) is 10.4. The number of nitrogens with one attached hydrogen (secondary N) is 9. The molecule has 0 unspecified atom stereocenters. The maximum Gasteiger partial charge on any atom is 0.329 e. The molecule has 0 aliphatic heterocycles. The number of benzene rings is 3. The molecule has 5 rings (SSSR count). The molecule has 0 radical (unpaired) electrons. The fraction of sp³-hybridized carbons (Fsp3) is 0.464. The second-order valence-corrected chi connectivity index (χ2v) is 24.7. The van der Waals surface area contributed by atoms with Crippen LogP contribution in [0.1, 0.15) is 95.4 Å². The number of rotatable bonds is 32. The maximum atomic E-state index is 14.9. The van der Waals surface area contributed by atoms with Crippen LogP contribution in [0, 0.1) is 5.92 Å². The van der Waals surface area contributed by atoms with Crippen LogP contribution in [0.5, 0.6) is 0 Å². The number of primary amides is 1. The van der Waals surface area contributed by atoms with Gasteiger partial charge in [-0.15, -0.1) is 0 Å². The Balaban J connectivity index is 1.46. The second kappa shape index (κ2) is 29.8. The molecule has 4 aromatic rings. The van der Waals surface area contributed by atoms with Crippen LogP contribution in [-0.4, -0.2) is 138 Å². The van der Waals surface area contributed by atoms with Gasteiger partial charge in [0.1, 0.15) is 47.3 Å². The van der Waals surface area contributed by atoms with E-state index in [1.165, 1.54) is 56.8 Å². The minimum Gasteiger partial charge on any atom is -0.481 e. The van der Waals surface area contributed by atoms with E-state index in [0.717, 1.165) is 5.56 Å². The minimum atomic E-state index is -4.49. The van der Waals surface area contributed by atoms with Crippen LogP contribution in [0.15, 0.2) is 79.0 Å². The summed E-state index contributed by atoms with van der Waals surface area (Å²) < 4.78 is 11.8. The molecule has 0 spiro atoms. The number of nitrogens with two attached hydrogens (primary N) is 1. The summed E-state index contributed by atoms with van der Waals surface area (Å²) in [5, 5.41) is 31.9. The Morgan fingerprint density at radius 3 is 1.81 bits per heavy atom. The monoisotopic (exact) mass is 1210 g/mol. The van der Waals surface area contributed by atoms with Crippen molar-refractivity contribution >= 4 is 101 Å². The zero-order valence-electron chi connectivity index (χ0n) is 47.0. The van der Waals surface area contributed by atoms with Crippen molar-refractivity contribution in [2.75, 3.05) is 12.0 Å². The van der Waals surface area contributed by atoms with Gasteiger partial charge in [0.15, 0.2) is 0 Å². The first-order valence-electron chi connectivity index (χ1n) is 26.8. The highest BCUT2D eigenvalue weighted by molar-refractivity contribution is 7.98. The van der Waals surface area contributed by atoms with Crippen molar-refractivity contribution in [1.29, 1.82) is 0 Å². The lowest BCUT2D eigenvalue weighted by Gasteiger charge is -2.31. The molecule has 1 heterocycles. The van der Waals surface area contributed by atoms with Gasteiger partial charge in [0.05, 0.1) is 6.16 Å². The van der Waals surface area contributed by atoms with E-state index in [4.69, 9.17) is 17.3 Å². The number of aromatic amines is 1. The van der Waals surface area contributed by atoms with Gasteiger partial charge in [-0.25, -0.2) is 0 Å². The molecule has 1 aliphatic carbocycles. The van der Waals surface area contributed by atoms with Crippen molar-refractivity contribution in [2.24, 2.45) is 11.7 Å². The lowest BCUT2D eigenvalue weighted by atomic mass is 9.98. The lowest BCUT2D eigenvalue weighted by Crippen LogP contribution is -2.63. The molecule has 3 aromatic carbocycles. The van der Waals surface area contributed by atoms with Crippen molar-refractivity contribution in [1.82, 2.24) is 47.5 Å². The minimum absolute atomic E-state index is 0.0392. The summed E-state index contributed by atoms with van der Waals surface area (Å²) in [6, 6.07) is 11.5. The number of carboxylic acids is 1. The summed E-state index contributed by atoms with van der Waals surface area (Å²) in [5.74, 6) is -8.20. The van der Waals surface area contributed by atoms with Crippen LogP contribution >= 0.6 is 31.0 Å². The summed E-state index contributed by atoms with van der Waals surface area (Å²) in [7, 11) is -4.49. The number of carboxylic acid groups (broad SMARTS) is 1. The highest BCUT2D eigenvalue weighted by Crippen LogP contribution is 2.39. The zero-order chi connectivity index (χ0) is 61.4. The van der Waals surface area contributed by atoms with Crippen LogP contribution in [0.2, 0.25) is 5.02 Å². The van der Waals surface area contributed by atoms with Crippen LogP contribution < -0.4 is 48.3 Å². The molecule has 0 saturated heterocycles. The Morgan fingerprint density at radius 2 is 1.27 bits per heavy atom. The number of aliphatic carboxylic acids is 1. The van der Waals surface area contributed by atoms with Gasteiger partial charge in [-0.3, -0.25) is 52.5 Å². The Kier molecular flexibility index (Phi) is 23.9. The van der Waals surface area contributed by atoms with Crippen molar-refractivity contribution in [3.8, 4) is 0 Å². The molecule has 1 aromatic heterocycles. The number of hydrogen-bond donors (Lipinski definition) is 13. The van der Waals surface area contributed by atoms with Gasteiger partial charge in [-0.2, -0.15) is 11.8 Å². The third kappa shape index (κ3) is 20.8. The van der Waals surface area contributed by atoms with E-state index in [1.807, 2.05) is 13.8 Å². The smallest absolute Gasteiger partial charge is 0.329 e. The highest BCUT2D eigenvalue weighted by atomic mass is 35.5. The first-order chi connectivity index (χ1) is 39.0. The SMILES string of the molecule is CSCC[C@@H](NC(=O)[C@H](Cc1ccccc1)NC(C)=O)C(=O)NC(C)(C)C(=O)N[C@@H](Cc1ccc(CP(=O)(O)O)cc1)C(=O)N[C@@H](Cc1c[nH]c2cc(Cl)ccc12)C(=O)N[C@@H](CCC(=O)O)C(=O)NC1(C(=O)N[C@@H](CC(C)C)C(N)=O)CC1. The van der Waals surface area contributed by atoms with Gasteiger partial charge in [0.25, 0.3) is 0 Å². The fourth-order valence-electron chi connectivity index (χ4n) is 9.04. The molecule has 1 saturated carbocycles. The number of fused-ring (bicyclic) bond motifs is 1. The molecule has 83 heavy (non-hydrogen) atoms. The molecule has 9 amide bonds. The first kappa shape index (κ1) is 66.5. The van der Waals surface area contributed by atoms with E-state index in [1.54, 1.807) is 61.0 Å². The van der Waals surface area contributed by atoms with Gasteiger partial charge >= 0.3 is 13.6 Å². The zero-order valence-corrected chi connectivity index (χ0v) is 49.4. The number of H-pyrrole nitrogens is 1. The van der Waals surface area contributed by atoms with Gasteiger partial charge in [-0.05, 0) is 98.3 Å². The standard InChI is InChI=1S/C56H74ClN10O14PS/c1-31(2)24-42(47(58)71)64-54(78)56(21-22-56)67-52(76)39(18-19-46(69)70)61-50(74)45(27-36-29-59-41-28-37(57)16-17-38(36)41)63-49(73)44(26-34-12-14-35(15-13-34)30-82(79,80)81)65-53(77)55(4,5)66-51(75)40(20-23-83-6)62-48(72)43(60-32(3)68)25-33-10-8-7-9-11-33/h7-17,28-29,31,39-40,42-45,59H,18-27,30H2,1-6H3,(H2,58,71)(H,60,68)(H,61,74)(H,62,72)(H,63,73)(H,64,78)(H,65,77)(H,66,75)(H,67,76)(H,69,70)(H2,79,80,81)/t39-,40+,42-,43-,44-,45-/m0/s1.